The van der Waals surface area contributed by atoms with Gasteiger partial charge in [0.2, 0.25) is 0 Å². The van der Waals surface area contributed by atoms with Crippen LogP contribution in [0.25, 0.3) is 11.1 Å². The summed E-state index contributed by atoms with van der Waals surface area (Å²) in [5.41, 5.74) is 4.34. The molecule has 4 heteroatoms. The van der Waals surface area contributed by atoms with Crippen LogP contribution in [0.5, 0.6) is 5.75 Å². The minimum atomic E-state index is 0.604. The zero-order valence-corrected chi connectivity index (χ0v) is 14.1. The largest absolute Gasteiger partial charge is 0.492 e. The minimum absolute atomic E-state index is 0.604. The van der Waals surface area contributed by atoms with Gasteiger partial charge in [0, 0.05) is 24.2 Å². The van der Waals surface area contributed by atoms with Gasteiger partial charge < -0.3 is 14.6 Å². The number of para-hydroxylation sites is 1. The number of aryl methyl sites for hydroxylation is 2. The number of aromatic nitrogens is 1. The quantitative estimate of drug-likeness (QED) is 0.665. The fourth-order valence-electron chi connectivity index (χ4n) is 2.65. The summed E-state index contributed by atoms with van der Waals surface area (Å²) in [6.07, 6.45) is 0. The fraction of sp³-hybridized carbons (Fsp3) is 0.250. The third kappa shape index (κ3) is 3.84. The lowest BCUT2D eigenvalue weighted by Crippen LogP contribution is -2.21. The van der Waals surface area contributed by atoms with E-state index < -0.39 is 0 Å². The number of nitrogens with zero attached hydrogens (tertiary/aromatic N) is 1. The first-order chi connectivity index (χ1) is 11.8. The molecule has 0 saturated heterocycles. The highest BCUT2D eigenvalue weighted by Gasteiger charge is 2.08. The lowest BCUT2D eigenvalue weighted by atomic mass is 10.1. The van der Waals surface area contributed by atoms with Gasteiger partial charge in [0.25, 0.3) is 0 Å². The Morgan fingerprint density at radius 2 is 1.75 bits per heavy atom. The Kier molecular flexibility index (Phi) is 5.29. The number of nitrogens with one attached hydrogen (secondary N) is 1. The standard InChI is InChI=1S/C20H22N2O2/c1-15-19(16(2)24-22-15)14-21-12-13-23-20-11-7-6-10-18(20)17-8-4-3-5-9-17/h3-11,21H,12-14H2,1-2H3. The molecule has 1 N–H and O–H groups in total. The Morgan fingerprint density at radius 1 is 1.00 bits per heavy atom. The van der Waals surface area contributed by atoms with Gasteiger partial charge in [0.1, 0.15) is 18.1 Å². The first-order valence-electron chi connectivity index (χ1n) is 8.15. The van der Waals surface area contributed by atoms with Crippen LogP contribution in [0.3, 0.4) is 0 Å². The molecule has 24 heavy (non-hydrogen) atoms. The van der Waals surface area contributed by atoms with E-state index in [0.29, 0.717) is 6.61 Å². The summed E-state index contributed by atoms with van der Waals surface area (Å²) in [7, 11) is 0. The van der Waals surface area contributed by atoms with Crippen LogP contribution in [0.1, 0.15) is 17.0 Å². The first-order valence-corrected chi connectivity index (χ1v) is 8.15. The van der Waals surface area contributed by atoms with Crippen molar-refractivity contribution in [3.8, 4) is 16.9 Å². The summed E-state index contributed by atoms with van der Waals surface area (Å²) in [6.45, 7) is 6.00. The first kappa shape index (κ1) is 16.3. The molecule has 0 unspecified atom stereocenters. The zero-order valence-electron chi connectivity index (χ0n) is 14.1. The highest BCUT2D eigenvalue weighted by Crippen LogP contribution is 2.29. The molecule has 0 aliphatic carbocycles. The Balaban J connectivity index is 1.54. The predicted octanol–water partition coefficient (Wildman–Crippen LogP) is 4.13. The fourth-order valence-corrected chi connectivity index (χ4v) is 2.65. The SMILES string of the molecule is Cc1noc(C)c1CNCCOc1ccccc1-c1ccccc1. The van der Waals surface area contributed by atoms with E-state index in [4.69, 9.17) is 9.26 Å². The molecule has 4 nitrogen and oxygen atoms in total. The Hall–Kier alpha value is -2.59. The van der Waals surface area contributed by atoms with Gasteiger partial charge >= 0.3 is 0 Å². The van der Waals surface area contributed by atoms with Crippen molar-refractivity contribution in [2.75, 3.05) is 13.2 Å². The average Bonchev–Trinajstić information content (AvgIpc) is 2.94. The van der Waals surface area contributed by atoms with Crippen LogP contribution < -0.4 is 10.1 Å². The molecule has 0 saturated carbocycles. The second-order valence-corrected chi connectivity index (χ2v) is 5.69. The lowest BCUT2D eigenvalue weighted by Gasteiger charge is -2.12. The van der Waals surface area contributed by atoms with Crippen LogP contribution in [0.4, 0.5) is 0 Å². The van der Waals surface area contributed by atoms with Gasteiger partial charge in [-0.15, -0.1) is 0 Å². The summed E-state index contributed by atoms with van der Waals surface area (Å²) < 4.78 is 11.1. The smallest absolute Gasteiger partial charge is 0.138 e. The predicted molar refractivity (Wildman–Crippen MR) is 95.1 cm³/mol. The molecule has 0 spiro atoms. The Labute approximate surface area is 142 Å². The summed E-state index contributed by atoms with van der Waals surface area (Å²) in [4.78, 5) is 0. The van der Waals surface area contributed by atoms with Gasteiger partial charge in [0.05, 0.1) is 5.69 Å². The van der Waals surface area contributed by atoms with Crippen LogP contribution in [-0.2, 0) is 6.54 Å². The number of benzene rings is 2. The molecule has 0 bridgehead atoms. The van der Waals surface area contributed by atoms with Crippen molar-refractivity contribution < 1.29 is 9.26 Å². The normalized spacial score (nSPS) is 10.8. The van der Waals surface area contributed by atoms with E-state index in [9.17, 15) is 0 Å². The zero-order chi connectivity index (χ0) is 16.8. The molecule has 0 radical (unpaired) electrons. The van der Waals surface area contributed by atoms with Crippen LogP contribution >= 0.6 is 0 Å². The van der Waals surface area contributed by atoms with Crippen molar-refractivity contribution in [3.05, 3.63) is 71.6 Å². The highest BCUT2D eigenvalue weighted by atomic mass is 16.5. The Morgan fingerprint density at radius 3 is 2.50 bits per heavy atom. The molecule has 1 aromatic heterocycles. The van der Waals surface area contributed by atoms with E-state index >= 15 is 0 Å². The minimum Gasteiger partial charge on any atom is -0.492 e. The number of ether oxygens (including phenoxy) is 1. The molecule has 0 atom stereocenters. The molecule has 3 aromatic rings. The topological polar surface area (TPSA) is 47.3 Å². The third-order valence-corrected chi connectivity index (χ3v) is 3.99. The van der Waals surface area contributed by atoms with Gasteiger partial charge in [-0.05, 0) is 25.5 Å². The molecule has 0 aliphatic heterocycles. The van der Waals surface area contributed by atoms with Crippen molar-refractivity contribution in [3.63, 3.8) is 0 Å². The molecule has 0 fully saturated rings. The van der Waals surface area contributed by atoms with Crippen molar-refractivity contribution in [2.24, 2.45) is 0 Å². The summed E-state index contributed by atoms with van der Waals surface area (Å²) in [5.74, 6) is 1.78. The van der Waals surface area contributed by atoms with E-state index in [1.54, 1.807) is 0 Å². The monoisotopic (exact) mass is 322 g/mol. The van der Waals surface area contributed by atoms with Gasteiger partial charge in [0.15, 0.2) is 0 Å². The number of hydrogen-bond donors (Lipinski definition) is 1. The maximum atomic E-state index is 5.97. The van der Waals surface area contributed by atoms with Crippen LogP contribution in [0, 0.1) is 13.8 Å². The average molecular weight is 322 g/mol. The van der Waals surface area contributed by atoms with Crippen LogP contribution in [0.2, 0.25) is 0 Å². The van der Waals surface area contributed by atoms with Crippen molar-refractivity contribution in [1.29, 1.82) is 0 Å². The van der Waals surface area contributed by atoms with E-state index in [2.05, 4.69) is 28.7 Å². The summed E-state index contributed by atoms with van der Waals surface area (Å²) in [5, 5.41) is 7.34. The number of hydrogen-bond acceptors (Lipinski definition) is 4. The van der Waals surface area contributed by atoms with Gasteiger partial charge in [-0.2, -0.15) is 0 Å². The third-order valence-electron chi connectivity index (χ3n) is 3.99. The van der Waals surface area contributed by atoms with Crippen LogP contribution in [-0.4, -0.2) is 18.3 Å². The molecule has 0 aliphatic rings. The van der Waals surface area contributed by atoms with Crippen molar-refractivity contribution in [1.82, 2.24) is 10.5 Å². The van der Waals surface area contributed by atoms with Crippen molar-refractivity contribution in [2.45, 2.75) is 20.4 Å². The second-order valence-electron chi connectivity index (χ2n) is 5.69. The van der Waals surface area contributed by atoms with E-state index in [1.807, 2.05) is 50.2 Å². The van der Waals surface area contributed by atoms with Gasteiger partial charge in [-0.1, -0.05) is 53.7 Å². The molecule has 1 heterocycles. The van der Waals surface area contributed by atoms with E-state index in [1.165, 1.54) is 0 Å². The van der Waals surface area contributed by atoms with E-state index in [0.717, 1.165) is 47.0 Å². The lowest BCUT2D eigenvalue weighted by molar-refractivity contribution is 0.314. The number of rotatable bonds is 7. The maximum absolute atomic E-state index is 5.97. The summed E-state index contributed by atoms with van der Waals surface area (Å²) >= 11 is 0. The maximum Gasteiger partial charge on any atom is 0.138 e. The molecule has 124 valence electrons. The molecule has 3 rings (SSSR count). The molecule has 2 aromatic carbocycles. The molecular formula is C20H22N2O2. The summed E-state index contributed by atoms with van der Waals surface area (Å²) in [6, 6.07) is 18.4. The van der Waals surface area contributed by atoms with Gasteiger partial charge in [-0.25, -0.2) is 0 Å². The Bertz CT molecular complexity index is 762. The van der Waals surface area contributed by atoms with Gasteiger partial charge in [-0.3, -0.25) is 0 Å². The molecular weight excluding hydrogens is 300 g/mol. The second kappa shape index (κ2) is 7.79. The molecule has 0 amide bonds. The van der Waals surface area contributed by atoms with E-state index in [-0.39, 0.29) is 0 Å². The van der Waals surface area contributed by atoms with Crippen LogP contribution in [0.15, 0.2) is 59.1 Å². The van der Waals surface area contributed by atoms with Crippen molar-refractivity contribution >= 4 is 0 Å². The highest BCUT2D eigenvalue weighted by molar-refractivity contribution is 5.70.